The van der Waals surface area contributed by atoms with E-state index in [0.29, 0.717) is 31.0 Å². The Bertz CT molecular complexity index is 760. The highest BCUT2D eigenvalue weighted by molar-refractivity contribution is 5.88. The third kappa shape index (κ3) is 3.05. The lowest BCUT2D eigenvalue weighted by molar-refractivity contribution is -0.130. The molecule has 0 radical (unpaired) electrons. The molecule has 0 bridgehead atoms. The maximum absolute atomic E-state index is 11.5. The Hall–Kier alpha value is -2.41. The number of piperazine rings is 1. The first kappa shape index (κ1) is 15.5. The molecule has 1 saturated heterocycles. The molecule has 122 valence electrons. The van der Waals surface area contributed by atoms with Crippen LogP contribution in [0.4, 0.5) is 0 Å². The molecule has 1 aliphatic heterocycles. The smallest absolute Gasteiger partial charge is 0.356 e. The number of rotatable bonds is 3. The second kappa shape index (κ2) is 6.00. The molecule has 0 atom stereocenters. The van der Waals surface area contributed by atoms with Crippen molar-refractivity contribution in [3.63, 3.8) is 0 Å². The van der Waals surface area contributed by atoms with E-state index < -0.39 is 5.97 Å². The van der Waals surface area contributed by atoms with Crippen molar-refractivity contribution in [1.82, 2.24) is 19.2 Å². The van der Waals surface area contributed by atoms with E-state index in [1.54, 1.807) is 6.92 Å². The molecule has 1 N–H and O–H groups in total. The molecule has 1 amide bonds. The number of carboxylic acids is 1. The number of imidazole rings is 1. The normalized spacial score (nSPS) is 16.0. The van der Waals surface area contributed by atoms with E-state index in [2.05, 4.69) is 9.88 Å². The number of hydrogen-bond donors (Lipinski definition) is 1. The molecule has 23 heavy (non-hydrogen) atoms. The molecule has 1 fully saturated rings. The van der Waals surface area contributed by atoms with Crippen LogP contribution in [0.2, 0.25) is 0 Å². The van der Waals surface area contributed by atoms with Crippen LogP contribution in [0, 0.1) is 6.92 Å². The van der Waals surface area contributed by atoms with Crippen LogP contribution in [0.15, 0.2) is 18.3 Å². The van der Waals surface area contributed by atoms with Crippen molar-refractivity contribution in [2.45, 2.75) is 20.4 Å². The van der Waals surface area contributed by atoms with E-state index in [4.69, 9.17) is 0 Å². The van der Waals surface area contributed by atoms with Crippen LogP contribution in [-0.2, 0) is 11.3 Å². The summed E-state index contributed by atoms with van der Waals surface area (Å²) in [5.41, 5.74) is 2.48. The Balaban J connectivity index is 1.86. The van der Waals surface area contributed by atoms with Gasteiger partial charge in [0.1, 0.15) is 5.65 Å². The van der Waals surface area contributed by atoms with Crippen molar-refractivity contribution >= 4 is 17.5 Å². The number of aromatic carboxylic acids is 1. The van der Waals surface area contributed by atoms with Crippen LogP contribution in [-0.4, -0.2) is 62.3 Å². The molecule has 3 heterocycles. The zero-order valence-corrected chi connectivity index (χ0v) is 13.3. The van der Waals surface area contributed by atoms with Crippen LogP contribution >= 0.6 is 0 Å². The molecular formula is C16H20N4O3. The summed E-state index contributed by atoms with van der Waals surface area (Å²) < 4.78 is 1.84. The number of amides is 1. The second-order valence-corrected chi connectivity index (χ2v) is 5.93. The van der Waals surface area contributed by atoms with Crippen LogP contribution in [0.5, 0.6) is 0 Å². The van der Waals surface area contributed by atoms with Crippen LogP contribution in [0.1, 0.15) is 28.7 Å². The van der Waals surface area contributed by atoms with Gasteiger partial charge in [-0.1, -0.05) is 0 Å². The van der Waals surface area contributed by atoms with Crippen molar-refractivity contribution in [3.8, 4) is 0 Å². The number of carbonyl (C=O) groups is 2. The number of aryl methyl sites for hydroxylation is 1. The largest absolute Gasteiger partial charge is 0.476 e. The maximum atomic E-state index is 11.5. The minimum absolute atomic E-state index is 0.0844. The Morgan fingerprint density at radius 2 is 1.96 bits per heavy atom. The van der Waals surface area contributed by atoms with Crippen LogP contribution in [0.3, 0.4) is 0 Å². The molecule has 0 spiro atoms. The van der Waals surface area contributed by atoms with Crippen molar-refractivity contribution in [2.75, 3.05) is 26.2 Å². The fourth-order valence-electron chi connectivity index (χ4n) is 2.95. The molecule has 7 heteroatoms. The minimum atomic E-state index is -1.01. The van der Waals surface area contributed by atoms with Crippen molar-refractivity contribution < 1.29 is 14.7 Å². The zero-order chi connectivity index (χ0) is 16.6. The highest BCUT2D eigenvalue weighted by Crippen LogP contribution is 2.17. The molecule has 1 aliphatic rings. The fourth-order valence-corrected chi connectivity index (χ4v) is 2.95. The minimum Gasteiger partial charge on any atom is -0.476 e. The Labute approximate surface area is 134 Å². The van der Waals surface area contributed by atoms with E-state index in [9.17, 15) is 14.7 Å². The van der Waals surface area contributed by atoms with Gasteiger partial charge in [0.25, 0.3) is 0 Å². The number of nitrogens with zero attached hydrogens (tertiary/aromatic N) is 4. The molecule has 0 aliphatic carbocycles. The summed E-state index contributed by atoms with van der Waals surface area (Å²) in [6.45, 7) is 6.86. The Kier molecular flexibility index (Phi) is 4.04. The molecule has 0 saturated carbocycles. The van der Waals surface area contributed by atoms with Gasteiger partial charge in [-0.25, -0.2) is 9.78 Å². The number of carbonyl (C=O) groups excluding carboxylic acids is 1. The van der Waals surface area contributed by atoms with Gasteiger partial charge in [0.2, 0.25) is 5.91 Å². The molecule has 3 rings (SSSR count). The van der Waals surface area contributed by atoms with Gasteiger partial charge in [0.05, 0.1) is 5.69 Å². The number of hydrogen-bond acceptors (Lipinski definition) is 4. The van der Waals surface area contributed by atoms with Gasteiger partial charge in [0.15, 0.2) is 5.69 Å². The fraction of sp³-hybridized carbons (Fsp3) is 0.438. The quantitative estimate of drug-likeness (QED) is 0.914. The van der Waals surface area contributed by atoms with Crippen LogP contribution in [0.25, 0.3) is 5.65 Å². The number of pyridine rings is 1. The lowest BCUT2D eigenvalue weighted by Gasteiger charge is -2.34. The molecule has 0 aromatic carbocycles. The van der Waals surface area contributed by atoms with Gasteiger partial charge in [-0.05, 0) is 24.6 Å². The van der Waals surface area contributed by atoms with Gasteiger partial charge < -0.3 is 14.4 Å². The Morgan fingerprint density at radius 1 is 1.26 bits per heavy atom. The van der Waals surface area contributed by atoms with Crippen molar-refractivity contribution in [3.05, 3.63) is 35.3 Å². The summed E-state index contributed by atoms with van der Waals surface area (Å²) in [4.78, 5) is 31.1. The number of carboxylic acid groups (broad SMARTS) is 1. The summed E-state index contributed by atoms with van der Waals surface area (Å²) >= 11 is 0. The highest BCUT2D eigenvalue weighted by atomic mass is 16.4. The monoisotopic (exact) mass is 316 g/mol. The molecule has 2 aromatic rings. The SMILES string of the molecule is CC(=O)N1CCN(Cc2c(C(=O)O)nc3cc(C)ccn23)CC1. The first-order valence-electron chi connectivity index (χ1n) is 7.64. The zero-order valence-electron chi connectivity index (χ0n) is 13.3. The van der Waals surface area contributed by atoms with Gasteiger partial charge >= 0.3 is 5.97 Å². The molecule has 2 aromatic heterocycles. The maximum Gasteiger partial charge on any atom is 0.356 e. The average Bonchev–Trinajstić information content (AvgIpc) is 2.86. The summed E-state index contributed by atoms with van der Waals surface area (Å²) in [5.74, 6) is -0.926. The predicted octanol–water partition coefficient (Wildman–Crippen LogP) is 1.01. The van der Waals surface area contributed by atoms with E-state index in [1.165, 1.54) is 0 Å². The van der Waals surface area contributed by atoms with Crippen molar-refractivity contribution in [1.29, 1.82) is 0 Å². The number of fused-ring (bicyclic) bond motifs is 1. The summed E-state index contributed by atoms with van der Waals surface area (Å²) in [7, 11) is 0. The van der Waals surface area contributed by atoms with Gasteiger partial charge in [0, 0.05) is 45.8 Å². The third-order valence-corrected chi connectivity index (χ3v) is 4.27. The van der Waals surface area contributed by atoms with E-state index >= 15 is 0 Å². The standard InChI is InChI=1S/C16H20N4O3/c1-11-3-4-20-13(15(16(22)23)17-14(20)9-11)10-18-5-7-19(8-6-18)12(2)21/h3-4,9H,5-8,10H2,1-2H3,(H,22,23). The average molecular weight is 316 g/mol. The van der Waals surface area contributed by atoms with Crippen molar-refractivity contribution in [2.24, 2.45) is 0 Å². The van der Waals surface area contributed by atoms with E-state index in [-0.39, 0.29) is 11.6 Å². The summed E-state index contributed by atoms with van der Waals surface area (Å²) in [6.07, 6.45) is 1.87. The first-order chi connectivity index (χ1) is 11.0. The topological polar surface area (TPSA) is 78.2 Å². The summed E-state index contributed by atoms with van der Waals surface area (Å²) in [5, 5.41) is 9.43. The molecule has 0 unspecified atom stereocenters. The van der Waals surface area contributed by atoms with E-state index in [1.807, 2.05) is 34.6 Å². The predicted molar refractivity (Wildman–Crippen MR) is 84.4 cm³/mol. The second-order valence-electron chi connectivity index (χ2n) is 5.93. The van der Waals surface area contributed by atoms with Crippen LogP contribution < -0.4 is 0 Å². The van der Waals surface area contributed by atoms with Gasteiger partial charge in [-0.2, -0.15) is 0 Å². The lowest BCUT2D eigenvalue weighted by Crippen LogP contribution is -2.47. The molecular weight excluding hydrogens is 296 g/mol. The van der Waals surface area contributed by atoms with E-state index in [0.717, 1.165) is 18.7 Å². The first-order valence-corrected chi connectivity index (χ1v) is 7.64. The number of aromatic nitrogens is 2. The third-order valence-electron chi connectivity index (χ3n) is 4.27. The molecule has 7 nitrogen and oxygen atoms in total. The lowest BCUT2D eigenvalue weighted by atomic mass is 10.2. The Morgan fingerprint density at radius 3 is 2.57 bits per heavy atom. The van der Waals surface area contributed by atoms with Gasteiger partial charge in [-0.3, -0.25) is 9.69 Å². The van der Waals surface area contributed by atoms with Gasteiger partial charge in [-0.15, -0.1) is 0 Å². The summed E-state index contributed by atoms with van der Waals surface area (Å²) in [6, 6.07) is 3.82. The highest BCUT2D eigenvalue weighted by Gasteiger charge is 2.23.